The van der Waals surface area contributed by atoms with Crippen molar-refractivity contribution in [3.8, 4) is 5.69 Å². The lowest BCUT2D eigenvalue weighted by Crippen LogP contribution is -2.00. The average Bonchev–Trinajstić information content (AvgIpc) is 3.20. The summed E-state index contributed by atoms with van der Waals surface area (Å²) >= 11 is 1.43. The van der Waals surface area contributed by atoms with Crippen molar-refractivity contribution in [3.05, 3.63) is 53.0 Å². The third-order valence-corrected chi connectivity index (χ3v) is 4.23. The first-order chi connectivity index (χ1) is 11.6. The molecule has 7 nitrogen and oxygen atoms in total. The van der Waals surface area contributed by atoms with E-state index in [0.717, 1.165) is 16.8 Å². The second-order valence-electron chi connectivity index (χ2n) is 5.27. The molecule has 0 spiro atoms. The zero-order valence-corrected chi connectivity index (χ0v) is 14.3. The molecule has 0 aliphatic rings. The van der Waals surface area contributed by atoms with Crippen molar-refractivity contribution >= 4 is 17.7 Å². The topological polar surface area (TPSA) is 83.0 Å². The largest absolute Gasteiger partial charge is 0.463 e. The molecule has 0 fully saturated rings. The number of methoxy groups -OCH3 is 1. The number of aromatic nitrogens is 4. The molecule has 124 valence electrons. The third kappa shape index (κ3) is 3.48. The van der Waals surface area contributed by atoms with Crippen LogP contribution in [0.1, 0.15) is 27.4 Å². The highest BCUT2D eigenvalue weighted by atomic mass is 32.2. The zero-order valence-electron chi connectivity index (χ0n) is 13.5. The normalized spacial score (nSPS) is 10.8. The Bertz CT molecular complexity index is 852. The first-order valence-electron chi connectivity index (χ1n) is 7.23. The second kappa shape index (κ2) is 6.88. The van der Waals surface area contributed by atoms with Gasteiger partial charge in [-0.05, 0) is 59.7 Å². The molecule has 0 atom stereocenters. The van der Waals surface area contributed by atoms with E-state index >= 15 is 0 Å². The second-order valence-corrected chi connectivity index (χ2v) is 6.21. The molecule has 0 bridgehead atoms. The summed E-state index contributed by atoms with van der Waals surface area (Å²) in [4.78, 5) is 11.4. The molecule has 0 aliphatic carbocycles. The molecule has 8 heteroatoms. The van der Waals surface area contributed by atoms with Crippen LogP contribution in [0.15, 0.2) is 39.9 Å². The minimum absolute atomic E-state index is 0.182. The standard InChI is InChI=1S/C16H16N4O3S/c1-10-6-11(2)8-12(7-10)20-16(17-18-19-20)24-9-13-4-5-14(23-13)15(21)22-3/h4-8H,9H2,1-3H3. The number of hydrogen-bond acceptors (Lipinski definition) is 7. The maximum atomic E-state index is 11.4. The van der Waals surface area contributed by atoms with Crippen molar-refractivity contribution in [1.29, 1.82) is 0 Å². The number of ether oxygens (including phenoxy) is 1. The fourth-order valence-corrected chi connectivity index (χ4v) is 3.09. The van der Waals surface area contributed by atoms with Gasteiger partial charge >= 0.3 is 5.97 Å². The van der Waals surface area contributed by atoms with Gasteiger partial charge in [0.2, 0.25) is 10.9 Å². The van der Waals surface area contributed by atoms with Crippen LogP contribution in [-0.4, -0.2) is 33.3 Å². The van der Waals surface area contributed by atoms with E-state index < -0.39 is 5.97 Å². The van der Waals surface area contributed by atoms with Crippen LogP contribution in [0.25, 0.3) is 5.69 Å². The number of nitrogens with zero attached hydrogens (tertiary/aromatic N) is 4. The average molecular weight is 344 g/mol. The minimum atomic E-state index is -0.494. The first-order valence-corrected chi connectivity index (χ1v) is 8.22. The number of thioether (sulfide) groups is 1. The lowest BCUT2D eigenvalue weighted by Gasteiger charge is -2.06. The molecule has 24 heavy (non-hydrogen) atoms. The van der Waals surface area contributed by atoms with Crippen LogP contribution in [-0.2, 0) is 10.5 Å². The molecule has 0 saturated heterocycles. The molecule has 3 rings (SSSR count). The maximum absolute atomic E-state index is 11.4. The number of furan rings is 1. The summed E-state index contributed by atoms with van der Waals surface area (Å²) in [6.07, 6.45) is 0. The van der Waals surface area contributed by atoms with Crippen molar-refractivity contribution in [2.24, 2.45) is 0 Å². The lowest BCUT2D eigenvalue weighted by atomic mass is 10.1. The number of tetrazole rings is 1. The van der Waals surface area contributed by atoms with Crippen LogP contribution in [0.4, 0.5) is 0 Å². The molecule has 2 heterocycles. The van der Waals surface area contributed by atoms with Crippen LogP contribution >= 0.6 is 11.8 Å². The van der Waals surface area contributed by atoms with Crippen LogP contribution in [0, 0.1) is 13.8 Å². The van der Waals surface area contributed by atoms with Crippen molar-refractivity contribution in [2.75, 3.05) is 7.11 Å². The van der Waals surface area contributed by atoms with E-state index in [9.17, 15) is 4.79 Å². The Balaban J connectivity index is 1.76. The summed E-state index contributed by atoms with van der Waals surface area (Å²) in [5.41, 5.74) is 3.20. The van der Waals surface area contributed by atoms with E-state index in [1.165, 1.54) is 18.9 Å². The number of hydrogen-bond donors (Lipinski definition) is 0. The van der Waals surface area contributed by atoms with E-state index in [2.05, 4.69) is 26.3 Å². The van der Waals surface area contributed by atoms with Gasteiger partial charge in [-0.3, -0.25) is 0 Å². The van der Waals surface area contributed by atoms with Crippen molar-refractivity contribution in [3.63, 3.8) is 0 Å². The fraction of sp³-hybridized carbons (Fsp3) is 0.250. The number of carbonyl (C=O) groups is 1. The number of benzene rings is 1. The van der Waals surface area contributed by atoms with Gasteiger partial charge in [0, 0.05) is 0 Å². The van der Waals surface area contributed by atoms with Gasteiger partial charge in [0.15, 0.2) is 0 Å². The van der Waals surface area contributed by atoms with Gasteiger partial charge in [0.25, 0.3) is 0 Å². The minimum Gasteiger partial charge on any atom is -0.463 e. The highest BCUT2D eigenvalue weighted by Gasteiger charge is 2.14. The quantitative estimate of drug-likeness (QED) is 0.520. The summed E-state index contributed by atoms with van der Waals surface area (Å²) < 4.78 is 11.8. The van der Waals surface area contributed by atoms with Crippen LogP contribution < -0.4 is 0 Å². The Hall–Kier alpha value is -2.61. The monoisotopic (exact) mass is 344 g/mol. The Kier molecular flexibility index (Phi) is 4.66. The molecule has 3 aromatic rings. The van der Waals surface area contributed by atoms with Crippen molar-refractivity contribution in [2.45, 2.75) is 24.8 Å². The molecule has 1 aromatic carbocycles. The molecule has 2 aromatic heterocycles. The highest BCUT2D eigenvalue weighted by molar-refractivity contribution is 7.98. The van der Waals surface area contributed by atoms with Crippen LogP contribution in [0.5, 0.6) is 0 Å². The summed E-state index contributed by atoms with van der Waals surface area (Å²) in [7, 11) is 1.32. The van der Waals surface area contributed by atoms with Crippen LogP contribution in [0.2, 0.25) is 0 Å². The molecule has 0 N–H and O–H groups in total. The van der Waals surface area contributed by atoms with E-state index in [1.54, 1.807) is 16.8 Å². The van der Waals surface area contributed by atoms with Gasteiger partial charge in [-0.15, -0.1) is 5.10 Å². The van der Waals surface area contributed by atoms with Gasteiger partial charge in [0.05, 0.1) is 18.6 Å². The van der Waals surface area contributed by atoms with Gasteiger partial charge in [-0.2, -0.15) is 4.68 Å². The molecule has 0 saturated carbocycles. The summed E-state index contributed by atoms with van der Waals surface area (Å²) in [6, 6.07) is 9.47. The Morgan fingerprint density at radius 1 is 1.25 bits per heavy atom. The predicted molar refractivity (Wildman–Crippen MR) is 88.2 cm³/mol. The summed E-state index contributed by atoms with van der Waals surface area (Å²) in [5, 5.41) is 12.5. The van der Waals surface area contributed by atoms with E-state index in [1.807, 2.05) is 26.0 Å². The first kappa shape index (κ1) is 16.3. The third-order valence-electron chi connectivity index (χ3n) is 3.28. The Labute approximate surface area is 143 Å². The lowest BCUT2D eigenvalue weighted by molar-refractivity contribution is 0.0563. The van der Waals surface area contributed by atoms with Gasteiger partial charge in [-0.25, -0.2) is 4.79 Å². The van der Waals surface area contributed by atoms with E-state index in [4.69, 9.17) is 4.42 Å². The molecule has 0 aliphatic heterocycles. The maximum Gasteiger partial charge on any atom is 0.373 e. The highest BCUT2D eigenvalue weighted by Crippen LogP contribution is 2.24. The summed E-state index contributed by atoms with van der Waals surface area (Å²) in [5.74, 6) is 0.839. The van der Waals surface area contributed by atoms with Crippen LogP contribution in [0.3, 0.4) is 0 Å². The zero-order chi connectivity index (χ0) is 17.1. The van der Waals surface area contributed by atoms with E-state index in [0.29, 0.717) is 16.7 Å². The summed E-state index contributed by atoms with van der Waals surface area (Å²) in [6.45, 7) is 4.07. The number of esters is 1. The molecular formula is C16H16N4O3S. The Morgan fingerprint density at radius 3 is 2.71 bits per heavy atom. The van der Waals surface area contributed by atoms with Gasteiger partial charge in [-0.1, -0.05) is 17.8 Å². The SMILES string of the molecule is COC(=O)c1ccc(CSc2nnnn2-c2cc(C)cc(C)c2)o1. The number of carbonyl (C=O) groups excluding carboxylic acids is 1. The van der Waals surface area contributed by atoms with Crippen molar-refractivity contribution < 1.29 is 13.9 Å². The molecule has 0 radical (unpaired) electrons. The van der Waals surface area contributed by atoms with Crippen molar-refractivity contribution in [1.82, 2.24) is 20.2 Å². The predicted octanol–water partition coefficient (Wildman–Crippen LogP) is 2.95. The molecule has 0 unspecified atom stereocenters. The Morgan fingerprint density at radius 2 is 2.00 bits per heavy atom. The molecule has 0 amide bonds. The van der Waals surface area contributed by atoms with E-state index in [-0.39, 0.29) is 5.76 Å². The van der Waals surface area contributed by atoms with Gasteiger partial charge in [0.1, 0.15) is 5.76 Å². The van der Waals surface area contributed by atoms with Gasteiger partial charge < -0.3 is 9.15 Å². The smallest absolute Gasteiger partial charge is 0.373 e. The number of aryl methyl sites for hydroxylation is 2. The number of rotatable bonds is 5. The molecular weight excluding hydrogens is 328 g/mol. The fourth-order valence-electron chi connectivity index (χ4n) is 2.31.